The van der Waals surface area contributed by atoms with E-state index in [4.69, 9.17) is 4.52 Å². The van der Waals surface area contributed by atoms with Gasteiger partial charge in [0.15, 0.2) is 0 Å². The number of likely N-dealkylation sites (N-methyl/N-ethyl adjacent to an activating group) is 1. The van der Waals surface area contributed by atoms with Gasteiger partial charge in [-0.15, -0.1) is 0 Å². The van der Waals surface area contributed by atoms with Gasteiger partial charge in [0.2, 0.25) is 11.7 Å². The highest BCUT2D eigenvalue weighted by molar-refractivity contribution is 5.57. The third-order valence-corrected chi connectivity index (χ3v) is 2.51. The first-order valence-corrected chi connectivity index (χ1v) is 5.75. The molecule has 5 nitrogen and oxygen atoms in total. The predicted molar refractivity (Wildman–Crippen MR) is 64.5 cm³/mol. The molecule has 0 saturated carbocycles. The summed E-state index contributed by atoms with van der Waals surface area (Å²) in [5.41, 5.74) is 2.02. The van der Waals surface area contributed by atoms with Crippen LogP contribution in [-0.2, 0) is 6.42 Å². The highest BCUT2D eigenvalue weighted by atomic mass is 16.5. The molecule has 0 fully saturated rings. The van der Waals surface area contributed by atoms with Gasteiger partial charge in [-0.05, 0) is 25.1 Å². The van der Waals surface area contributed by atoms with Crippen molar-refractivity contribution in [2.75, 3.05) is 13.1 Å². The van der Waals surface area contributed by atoms with Crippen LogP contribution in [0, 0.1) is 6.92 Å². The van der Waals surface area contributed by atoms with E-state index in [-0.39, 0.29) is 0 Å². The lowest BCUT2D eigenvalue weighted by atomic mass is 10.1. The Kier molecular flexibility index (Phi) is 3.82. The van der Waals surface area contributed by atoms with E-state index in [1.165, 1.54) is 0 Å². The van der Waals surface area contributed by atoms with Crippen LogP contribution in [0.25, 0.3) is 11.4 Å². The molecule has 17 heavy (non-hydrogen) atoms. The minimum absolute atomic E-state index is 0.613. The second-order valence-corrected chi connectivity index (χ2v) is 3.81. The summed E-state index contributed by atoms with van der Waals surface area (Å²) in [5, 5.41) is 7.19. The number of aromatic nitrogens is 3. The van der Waals surface area contributed by atoms with E-state index in [1.54, 1.807) is 12.4 Å². The number of nitrogens with one attached hydrogen (secondary N) is 1. The van der Waals surface area contributed by atoms with Gasteiger partial charge in [-0.25, -0.2) is 0 Å². The van der Waals surface area contributed by atoms with Crippen LogP contribution in [0.4, 0.5) is 0 Å². The smallest absolute Gasteiger partial charge is 0.228 e. The van der Waals surface area contributed by atoms with Crippen molar-refractivity contribution in [2.24, 2.45) is 0 Å². The third kappa shape index (κ3) is 2.88. The molecule has 5 heteroatoms. The highest BCUT2D eigenvalue weighted by Gasteiger charge is 2.10. The molecule has 2 rings (SSSR count). The fourth-order valence-electron chi connectivity index (χ4n) is 1.54. The molecule has 0 spiro atoms. The summed E-state index contributed by atoms with van der Waals surface area (Å²) >= 11 is 0. The van der Waals surface area contributed by atoms with Gasteiger partial charge in [0.05, 0.1) is 0 Å². The van der Waals surface area contributed by atoms with Crippen molar-refractivity contribution >= 4 is 0 Å². The molecule has 0 aliphatic heterocycles. The van der Waals surface area contributed by atoms with E-state index in [1.807, 2.05) is 13.0 Å². The summed E-state index contributed by atoms with van der Waals surface area (Å²) in [7, 11) is 0. The van der Waals surface area contributed by atoms with Crippen molar-refractivity contribution in [3.8, 4) is 11.4 Å². The SMILES string of the molecule is CCNCCc1nc(-c2cnccc2C)no1. The molecular formula is C12H16N4O. The van der Waals surface area contributed by atoms with Crippen molar-refractivity contribution in [1.29, 1.82) is 0 Å². The Morgan fingerprint density at radius 3 is 3.06 bits per heavy atom. The van der Waals surface area contributed by atoms with E-state index < -0.39 is 0 Å². The zero-order chi connectivity index (χ0) is 12.1. The molecular weight excluding hydrogens is 216 g/mol. The van der Waals surface area contributed by atoms with Gasteiger partial charge >= 0.3 is 0 Å². The first-order chi connectivity index (χ1) is 8.31. The Bertz CT molecular complexity index is 481. The van der Waals surface area contributed by atoms with Gasteiger partial charge in [0.25, 0.3) is 0 Å². The van der Waals surface area contributed by atoms with Crippen LogP contribution in [0.15, 0.2) is 23.0 Å². The Morgan fingerprint density at radius 2 is 2.29 bits per heavy atom. The van der Waals surface area contributed by atoms with Crippen LogP contribution < -0.4 is 5.32 Å². The molecule has 2 heterocycles. The number of rotatable bonds is 5. The van der Waals surface area contributed by atoms with Gasteiger partial charge < -0.3 is 9.84 Å². The number of hydrogen-bond acceptors (Lipinski definition) is 5. The lowest BCUT2D eigenvalue weighted by molar-refractivity contribution is 0.377. The van der Waals surface area contributed by atoms with E-state index in [9.17, 15) is 0 Å². The van der Waals surface area contributed by atoms with Crippen molar-refractivity contribution in [3.05, 3.63) is 29.9 Å². The van der Waals surface area contributed by atoms with Gasteiger partial charge in [-0.2, -0.15) is 4.98 Å². The van der Waals surface area contributed by atoms with Gasteiger partial charge in [0, 0.05) is 30.9 Å². The molecule has 0 aliphatic rings. The summed E-state index contributed by atoms with van der Waals surface area (Å²) in [6.45, 7) is 5.87. The Morgan fingerprint density at radius 1 is 1.41 bits per heavy atom. The summed E-state index contributed by atoms with van der Waals surface area (Å²) in [5.74, 6) is 1.27. The lowest BCUT2D eigenvalue weighted by Crippen LogP contribution is -2.16. The molecule has 0 saturated heterocycles. The first kappa shape index (κ1) is 11.7. The van der Waals surface area contributed by atoms with E-state index in [2.05, 4.69) is 27.4 Å². The summed E-state index contributed by atoms with van der Waals surface area (Å²) < 4.78 is 5.19. The topological polar surface area (TPSA) is 63.8 Å². The molecule has 1 N–H and O–H groups in total. The molecule has 90 valence electrons. The third-order valence-electron chi connectivity index (χ3n) is 2.51. The summed E-state index contributed by atoms with van der Waals surface area (Å²) in [4.78, 5) is 8.43. The average molecular weight is 232 g/mol. The standard InChI is InChI=1S/C12H16N4O/c1-3-13-7-5-11-15-12(16-17-11)10-8-14-6-4-9(10)2/h4,6,8,13H,3,5,7H2,1-2H3. The molecule has 2 aromatic heterocycles. The molecule has 0 aliphatic carbocycles. The molecule has 0 atom stereocenters. The van der Waals surface area contributed by atoms with Crippen molar-refractivity contribution in [1.82, 2.24) is 20.4 Å². The normalized spacial score (nSPS) is 10.7. The van der Waals surface area contributed by atoms with E-state index in [0.717, 1.165) is 30.6 Å². The zero-order valence-electron chi connectivity index (χ0n) is 10.1. The Balaban J connectivity index is 2.10. The Labute approximate surface area is 100 Å². The monoisotopic (exact) mass is 232 g/mol. The van der Waals surface area contributed by atoms with Crippen molar-refractivity contribution in [2.45, 2.75) is 20.3 Å². The zero-order valence-corrected chi connectivity index (χ0v) is 10.1. The summed E-state index contributed by atoms with van der Waals surface area (Å²) in [6.07, 6.45) is 4.26. The van der Waals surface area contributed by atoms with Crippen molar-refractivity contribution < 1.29 is 4.52 Å². The summed E-state index contributed by atoms with van der Waals surface area (Å²) in [6, 6.07) is 1.93. The van der Waals surface area contributed by atoms with E-state index in [0.29, 0.717) is 11.7 Å². The van der Waals surface area contributed by atoms with Crippen molar-refractivity contribution in [3.63, 3.8) is 0 Å². The van der Waals surface area contributed by atoms with Crippen LogP contribution >= 0.6 is 0 Å². The van der Waals surface area contributed by atoms with E-state index >= 15 is 0 Å². The number of pyridine rings is 1. The molecule has 0 aromatic carbocycles. The molecule has 0 bridgehead atoms. The largest absolute Gasteiger partial charge is 0.339 e. The highest BCUT2D eigenvalue weighted by Crippen LogP contribution is 2.18. The maximum absolute atomic E-state index is 5.19. The fourth-order valence-corrected chi connectivity index (χ4v) is 1.54. The van der Waals surface area contributed by atoms with Crippen LogP contribution in [0.2, 0.25) is 0 Å². The first-order valence-electron chi connectivity index (χ1n) is 5.75. The van der Waals surface area contributed by atoms with Gasteiger partial charge in [-0.3, -0.25) is 4.98 Å². The van der Waals surface area contributed by atoms with Crippen LogP contribution in [-0.4, -0.2) is 28.2 Å². The maximum Gasteiger partial charge on any atom is 0.228 e. The number of hydrogen-bond donors (Lipinski definition) is 1. The van der Waals surface area contributed by atoms with Crippen LogP contribution in [0.1, 0.15) is 18.4 Å². The molecule has 2 aromatic rings. The van der Waals surface area contributed by atoms with Crippen LogP contribution in [0.5, 0.6) is 0 Å². The second kappa shape index (κ2) is 5.54. The van der Waals surface area contributed by atoms with Crippen LogP contribution in [0.3, 0.4) is 0 Å². The molecule has 0 unspecified atom stereocenters. The minimum atomic E-state index is 0.613. The Hall–Kier alpha value is -1.75. The number of aryl methyl sites for hydroxylation is 1. The average Bonchev–Trinajstić information content (AvgIpc) is 2.79. The van der Waals surface area contributed by atoms with Gasteiger partial charge in [-0.1, -0.05) is 12.1 Å². The fraction of sp³-hybridized carbons (Fsp3) is 0.417. The second-order valence-electron chi connectivity index (χ2n) is 3.81. The number of nitrogens with zero attached hydrogens (tertiary/aromatic N) is 3. The molecule has 0 radical (unpaired) electrons. The minimum Gasteiger partial charge on any atom is -0.339 e. The maximum atomic E-state index is 5.19. The molecule has 0 amide bonds. The van der Waals surface area contributed by atoms with Gasteiger partial charge in [0.1, 0.15) is 0 Å². The predicted octanol–water partition coefficient (Wildman–Crippen LogP) is 1.59. The quantitative estimate of drug-likeness (QED) is 0.793. The lowest BCUT2D eigenvalue weighted by Gasteiger charge is -1.97.